The SMILES string of the molecule is CC(=O)/C=C\N(C(C)=O)[C@@H]1O[C@H](OCP(=O)=O)[C@@H](O)C1(F)F. The second-order valence-electron chi connectivity index (χ2n) is 4.46. The average molecular weight is 341 g/mol. The highest BCUT2D eigenvalue weighted by molar-refractivity contribution is 7.30. The lowest BCUT2D eigenvalue weighted by Crippen LogP contribution is -2.48. The minimum Gasteiger partial charge on any atom is -0.382 e. The first-order valence-electron chi connectivity index (χ1n) is 5.99. The van der Waals surface area contributed by atoms with Crippen molar-refractivity contribution in [3.8, 4) is 0 Å². The molecule has 0 aliphatic carbocycles. The molecule has 0 radical (unpaired) electrons. The van der Waals surface area contributed by atoms with Gasteiger partial charge >= 0.3 is 13.6 Å². The number of ketones is 1. The Hall–Kier alpha value is -1.48. The number of carbonyl (C=O) groups excluding carboxylic acids is 2. The van der Waals surface area contributed by atoms with Crippen molar-refractivity contribution in [3.05, 3.63) is 12.3 Å². The van der Waals surface area contributed by atoms with Crippen LogP contribution in [0, 0.1) is 0 Å². The highest BCUT2D eigenvalue weighted by Gasteiger charge is 2.61. The third kappa shape index (κ3) is 4.26. The maximum absolute atomic E-state index is 14.0. The van der Waals surface area contributed by atoms with E-state index >= 15 is 0 Å². The van der Waals surface area contributed by atoms with E-state index in [1.54, 1.807) is 0 Å². The number of aliphatic hydroxyl groups is 1. The third-order valence-electron chi connectivity index (χ3n) is 2.67. The summed E-state index contributed by atoms with van der Waals surface area (Å²) < 4.78 is 58.1. The van der Waals surface area contributed by atoms with Crippen LogP contribution in [0.15, 0.2) is 12.3 Å². The van der Waals surface area contributed by atoms with Crippen LogP contribution in [0.1, 0.15) is 13.8 Å². The van der Waals surface area contributed by atoms with E-state index in [4.69, 9.17) is 4.74 Å². The summed E-state index contributed by atoms with van der Waals surface area (Å²) in [5.74, 6) is -5.29. The van der Waals surface area contributed by atoms with Crippen molar-refractivity contribution >= 4 is 19.4 Å². The number of hydrogen-bond donors (Lipinski definition) is 1. The van der Waals surface area contributed by atoms with Gasteiger partial charge < -0.3 is 14.6 Å². The van der Waals surface area contributed by atoms with Crippen LogP contribution in [-0.4, -0.2) is 52.6 Å². The quantitative estimate of drug-likeness (QED) is 0.561. The highest BCUT2D eigenvalue weighted by Crippen LogP contribution is 2.39. The van der Waals surface area contributed by atoms with E-state index in [0.29, 0.717) is 4.90 Å². The Morgan fingerprint density at radius 3 is 2.45 bits per heavy atom. The van der Waals surface area contributed by atoms with Crippen molar-refractivity contribution in [2.45, 2.75) is 38.4 Å². The summed E-state index contributed by atoms with van der Waals surface area (Å²) in [5.41, 5.74) is 0. The molecule has 1 saturated heterocycles. The standard InChI is InChI=1S/C11H14F2NO7P/c1-6(15)3-4-14(7(2)16)10-11(12,13)8(17)9(21-10)20-5-22(18)19/h3-4,8-10,17H,5H2,1-2H3/b4-3-/t8-,9+,10-/m1/s1. The first-order chi connectivity index (χ1) is 10.1. The average Bonchev–Trinajstić information content (AvgIpc) is 2.59. The fourth-order valence-electron chi connectivity index (χ4n) is 1.67. The molecule has 1 amide bonds. The van der Waals surface area contributed by atoms with Crippen LogP contribution in [-0.2, 0) is 28.2 Å². The molecule has 3 atom stereocenters. The van der Waals surface area contributed by atoms with Gasteiger partial charge in [0.15, 0.2) is 24.5 Å². The van der Waals surface area contributed by atoms with Gasteiger partial charge in [0.1, 0.15) is 0 Å². The molecule has 1 N–H and O–H groups in total. The highest BCUT2D eigenvalue weighted by atomic mass is 31.1. The molecule has 0 aromatic rings. The number of allylic oxidation sites excluding steroid dienone is 1. The lowest BCUT2D eigenvalue weighted by Gasteiger charge is -2.27. The minimum atomic E-state index is -3.92. The van der Waals surface area contributed by atoms with Crippen molar-refractivity contribution in [3.63, 3.8) is 0 Å². The van der Waals surface area contributed by atoms with Crippen molar-refractivity contribution in [2.24, 2.45) is 0 Å². The number of nitrogens with zero attached hydrogens (tertiary/aromatic N) is 1. The molecule has 0 unspecified atom stereocenters. The summed E-state index contributed by atoms with van der Waals surface area (Å²) in [6, 6.07) is 0. The van der Waals surface area contributed by atoms with Crippen molar-refractivity contribution in [1.82, 2.24) is 4.90 Å². The monoisotopic (exact) mass is 341 g/mol. The Morgan fingerprint density at radius 2 is 2.00 bits per heavy atom. The summed E-state index contributed by atoms with van der Waals surface area (Å²) in [5, 5.41) is 9.48. The Balaban J connectivity index is 3.00. The second kappa shape index (κ2) is 7.19. The van der Waals surface area contributed by atoms with Gasteiger partial charge in [-0.2, -0.15) is 8.78 Å². The van der Waals surface area contributed by atoms with E-state index < -0.39 is 50.3 Å². The number of alkyl halides is 2. The molecule has 11 heteroatoms. The molecule has 0 saturated carbocycles. The third-order valence-corrected chi connectivity index (χ3v) is 3.03. The Morgan fingerprint density at radius 1 is 1.41 bits per heavy atom. The van der Waals surface area contributed by atoms with E-state index in [-0.39, 0.29) is 0 Å². The second-order valence-corrected chi connectivity index (χ2v) is 5.38. The zero-order valence-electron chi connectivity index (χ0n) is 11.6. The molecule has 0 spiro atoms. The molecule has 0 aromatic heterocycles. The molecule has 22 heavy (non-hydrogen) atoms. The number of rotatable bonds is 6. The predicted molar refractivity (Wildman–Crippen MR) is 66.2 cm³/mol. The van der Waals surface area contributed by atoms with Crippen LogP contribution in [0.2, 0.25) is 0 Å². The number of halogens is 2. The van der Waals surface area contributed by atoms with Crippen LogP contribution in [0.25, 0.3) is 0 Å². The number of aliphatic hydroxyl groups excluding tert-OH is 1. The zero-order chi connectivity index (χ0) is 17.1. The predicted octanol–water partition coefficient (Wildman–Crippen LogP) is 0.763. The number of ether oxygens (including phenoxy) is 2. The van der Waals surface area contributed by atoms with Crippen molar-refractivity contribution in [2.75, 3.05) is 6.35 Å². The normalized spacial score (nSPS) is 27.0. The van der Waals surface area contributed by atoms with Crippen molar-refractivity contribution in [1.29, 1.82) is 0 Å². The maximum Gasteiger partial charge on any atom is 0.342 e. The van der Waals surface area contributed by atoms with Crippen LogP contribution in [0.5, 0.6) is 0 Å². The van der Waals surface area contributed by atoms with Gasteiger partial charge in [0.25, 0.3) is 0 Å². The van der Waals surface area contributed by atoms with Gasteiger partial charge in [-0.05, 0) is 13.0 Å². The van der Waals surface area contributed by atoms with Gasteiger partial charge in [0.05, 0.1) is 0 Å². The molecular formula is C11H14F2NO7P. The Labute approximate surface area is 124 Å². The van der Waals surface area contributed by atoms with E-state index in [1.807, 2.05) is 0 Å². The Bertz CT molecular complexity index is 541. The number of amides is 1. The van der Waals surface area contributed by atoms with Gasteiger partial charge in [0.2, 0.25) is 12.1 Å². The summed E-state index contributed by atoms with van der Waals surface area (Å²) in [6.07, 6.45) is -5.89. The summed E-state index contributed by atoms with van der Waals surface area (Å²) in [6.45, 7) is 2.10. The number of hydrogen-bond acceptors (Lipinski definition) is 7. The van der Waals surface area contributed by atoms with E-state index in [9.17, 15) is 32.6 Å². The fraction of sp³-hybridized carbons (Fsp3) is 0.636. The lowest BCUT2D eigenvalue weighted by molar-refractivity contribution is -0.184. The molecule has 1 heterocycles. The molecule has 1 aliphatic rings. The van der Waals surface area contributed by atoms with Crippen LogP contribution >= 0.6 is 7.68 Å². The number of carbonyl (C=O) groups is 2. The molecule has 8 nitrogen and oxygen atoms in total. The van der Waals surface area contributed by atoms with Gasteiger partial charge in [-0.15, -0.1) is 0 Å². The van der Waals surface area contributed by atoms with E-state index in [2.05, 4.69) is 4.74 Å². The van der Waals surface area contributed by atoms with Crippen LogP contribution < -0.4 is 0 Å². The summed E-state index contributed by atoms with van der Waals surface area (Å²) >= 11 is 0. The van der Waals surface area contributed by atoms with E-state index in [0.717, 1.165) is 26.1 Å². The van der Waals surface area contributed by atoms with Gasteiger partial charge in [-0.25, -0.2) is 9.13 Å². The largest absolute Gasteiger partial charge is 0.382 e. The van der Waals surface area contributed by atoms with Crippen molar-refractivity contribution < 1.29 is 42.1 Å². The lowest BCUT2D eigenvalue weighted by atomic mass is 10.2. The minimum absolute atomic E-state index is 0.422. The first kappa shape index (κ1) is 18.6. The summed E-state index contributed by atoms with van der Waals surface area (Å²) in [7, 11) is -3.02. The van der Waals surface area contributed by atoms with Gasteiger partial charge in [0, 0.05) is 13.1 Å². The molecule has 1 rings (SSSR count). The fourth-order valence-corrected chi connectivity index (χ4v) is 1.94. The van der Waals surface area contributed by atoms with Crippen LogP contribution in [0.3, 0.4) is 0 Å². The first-order valence-corrected chi connectivity index (χ1v) is 7.36. The molecule has 1 fully saturated rings. The molecule has 0 bridgehead atoms. The molecule has 124 valence electrons. The van der Waals surface area contributed by atoms with E-state index in [1.165, 1.54) is 0 Å². The molecule has 1 aliphatic heterocycles. The smallest absolute Gasteiger partial charge is 0.342 e. The maximum atomic E-state index is 14.0. The zero-order valence-corrected chi connectivity index (χ0v) is 12.5. The molecular weight excluding hydrogens is 327 g/mol. The van der Waals surface area contributed by atoms with Crippen LogP contribution in [0.4, 0.5) is 8.78 Å². The molecule has 0 aromatic carbocycles. The summed E-state index contributed by atoms with van der Waals surface area (Å²) in [4.78, 5) is 22.7. The van der Waals surface area contributed by atoms with Gasteiger partial charge in [-0.3, -0.25) is 14.5 Å². The van der Waals surface area contributed by atoms with Gasteiger partial charge in [-0.1, -0.05) is 0 Å². The Kier molecular flexibility index (Phi) is 6.07. The topological polar surface area (TPSA) is 110 Å².